The van der Waals surface area contributed by atoms with Gasteiger partial charge in [-0.2, -0.15) is 0 Å². The van der Waals surface area contributed by atoms with Gasteiger partial charge in [0.1, 0.15) is 0 Å². The highest BCUT2D eigenvalue weighted by Crippen LogP contribution is 2.06. The summed E-state index contributed by atoms with van der Waals surface area (Å²) in [5, 5.41) is 0. The average molecular weight is 193 g/mol. The van der Waals surface area contributed by atoms with Crippen LogP contribution >= 0.6 is 0 Å². The van der Waals surface area contributed by atoms with Gasteiger partial charge in [0.25, 0.3) is 0 Å². The highest BCUT2D eigenvalue weighted by molar-refractivity contribution is 5.72. The van der Waals surface area contributed by atoms with Crippen LogP contribution in [0.4, 0.5) is 0 Å². The third-order valence-corrected chi connectivity index (χ3v) is 2.00. The molecule has 1 aromatic rings. The van der Waals surface area contributed by atoms with Gasteiger partial charge in [-0.3, -0.25) is 4.79 Å². The number of methoxy groups -OCH3 is 1. The monoisotopic (exact) mass is 193 g/mol. The summed E-state index contributed by atoms with van der Waals surface area (Å²) >= 11 is 0. The van der Waals surface area contributed by atoms with Gasteiger partial charge >= 0.3 is 5.97 Å². The molecule has 0 unspecified atom stereocenters. The first-order valence-electron chi connectivity index (χ1n) is 4.61. The largest absolute Gasteiger partial charge is 0.469 e. The number of carbonyl (C=O) groups excluding carboxylic acids is 1. The first-order chi connectivity index (χ1) is 6.76. The number of benzene rings is 1. The maximum atomic E-state index is 11.0. The van der Waals surface area contributed by atoms with Crippen LogP contribution in [0.3, 0.4) is 0 Å². The van der Waals surface area contributed by atoms with Crippen molar-refractivity contribution in [1.29, 1.82) is 0 Å². The molecule has 76 valence electrons. The minimum atomic E-state index is -0.213. The van der Waals surface area contributed by atoms with Crippen molar-refractivity contribution in [2.24, 2.45) is 5.73 Å². The highest BCUT2D eigenvalue weighted by atomic mass is 16.5. The predicted molar refractivity (Wildman–Crippen MR) is 54.9 cm³/mol. The summed E-state index contributed by atoms with van der Waals surface area (Å²) in [5.74, 6) is -0.213. The number of ether oxygens (including phenoxy) is 1. The van der Waals surface area contributed by atoms with E-state index in [1.54, 1.807) is 0 Å². The second kappa shape index (κ2) is 5.40. The van der Waals surface area contributed by atoms with Crippen molar-refractivity contribution in [3.8, 4) is 0 Å². The SMILES string of the molecule is COC(=O)Cc1cccc(CCN)c1. The van der Waals surface area contributed by atoms with Gasteiger partial charge in [-0.25, -0.2) is 0 Å². The summed E-state index contributed by atoms with van der Waals surface area (Å²) in [6.07, 6.45) is 1.17. The third kappa shape index (κ3) is 3.18. The Kier molecular flexibility index (Phi) is 4.13. The Balaban J connectivity index is 2.68. The molecule has 0 aromatic heterocycles. The van der Waals surface area contributed by atoms with Crippen LogP contribution < -0.4 is 5.73 Å². The highest BCUT2D eigenvalue weighted by Gasteiger charge is 2.02. The summed E-state index contributed by atoms with van der Waals surface area (Å²) < 4.78 is 4.59. The molecule has 1 aromatic carbocycles. The normalized spacial score (nSPS) is 9.86. The van der Waals surface area contributed by atoms with Crippen molar-refractivity contribution in [1.82, 2.24) is 0 Å². The summed E-state index contributed by atoms with van der Waals surface area (Å²) in [6, 6.07) is 7.84. The first kappa shape index (κ1) is 10.7. The van der Waals surface area contributed by atoms with E-state index in [2.05, 4.69) is 4.74 Å². The molecule has 0 aliphatic rings. The van der Waals surface area contributed by atoms with E-state index in [1.165, 1.54) is 7.11 Å². The minimum Gasteiger partial charge on any atom is -0.469 e. The number of rotatable bonds is 4. The van der Waals surface area contributed by atoms with E-state index >= 15 is 0 Å². The van der Waals surface area contributed by atoms with Crippen molar-refractivity contribution in [3.05, 3.63) is 35.4 Å². The van der Waals surface area contributed by atoms with Crippen LogP contribution in [0.25, 0.3) is 0 Å². The van der Waals surface area contributed by atoms with E-state index < -0.39 is 0 Å². The van der Waals surface area contributed by atoms with Gasteiger partial charge < -0.3 is 10.5 Å². The molecule has 0 atom stereocenters. The lowest BCUT2D eigenvalue weighted by Crippen LogP contribution is -2.06. The summed E-state index contributed by atoms with van der Waals surface area (Å²) in [4.78, 5) is 11.0. The van der Waals surface area contributed by atoms with E-state index in [0.717, 1.165) is 17.5 Å². The van der Waals surface area contributed by atoms with Crippen molar-refractivity contribution in [2.45, 2.75) is 12.8 Å². The van der Waals surface area contributed by atoms with Gasteiger partial charge in [0, 0.05) is 0 Å². The number of esters is 1. The van der Waals surface area contributed by atoms with E-state index in [4.69, 9.17) is 5.73 Å². The molecule has 0 fully saturated rings. The molecule has 1 rings (SSSR count). The molecular weight excluding hydrogens is 178 g/mol. The zero-order valence-corrected chi connectivity index (χ0v) is 8.32. The molecule has 14 heavy (non-hydrogen) atoms. The Morgan fingerprint density at radius 2 is 2.14 bits per heavy atom. The molecule has 0 saturated heterocycles. The Labute approximate surface area is 83.9 Å². The second-order valence-electron chi connectivity index (χ2n) is 3.11. The van der Waals surface area contributed by atoms with Crippen LogP contribution in [-0.2, 0) is 22.4 Å². The number of hydrogen-bond acceptors (Lipinski definition) is 3. The minimum absolute atomic E-state index is 0.213. The summed E-state index contributed by atoms with van der Waals surface area (Å²) in [5.41, 5.74) is 7.58. The van der Waals surface area contributed by atoms with Crippen LogP contribution in [0.1, 0.15) is 11.1 Å². The molecule has 0 bridgehead atoms. The molecule has 3 nitrogen and oxygen atoms in total. The number of carbonyl (C=O) groups is 1. The van der Waals surface area contributed by atoms with Gasteiger partial charge in [-0.05, 0) is 24.1 Å². The van der Waals surface area contributed by atoms with Crippen LogP contribution in [0.15, 0.2) is 24.3 Å². The number of nitrogens with two attached hydrogens (primary N) is 1. The Hall–Kier alpha value is -1.35. The molecule has 0 saturated carbocycles. The zero-order chi connectivity index (χ0) is 10.4. The lowest BCUT2D eigenvalue weighted by atomic mass is 10.1. The quantitative estimate of drug-likeness (QED) is 0.723. The Bertz CT molecular complexity index is 310. The fourth-order valence-corrected chi connectivity index (χ4v) is 1.30. The van der Waals surface area contributed by atoms with Crippen LogP contribution in [0.2, 0.25) is 0 Å². The lowest BCUT2D eigenvalue weighted by Gasteiger charge is -2.03. The predicted octanol–water partition coefficient (Wildman–Crippen LogP) is 0.903. The molecule has 0 radical (unpaired) electrons. The van der Waals surface area contributed by atoms with Gasteiger partial charge in [-0.15, -0.1) is 0 Å². The summed E-state index contributed by atoms with van der Waals surface area (Å²) in [7, 11) is 1.39. The first-order valence-corrected chi connectivity index (χ1v) is 4.61. The van der Waals surface area contributed by atoms with Crippen molar-refractivity contribution < 1.29 is 9.53 Å². The van der Waals surface area contributed by atoms with Crippen LogP contribution in [-0.4, -0.2) is 19.6 Å². The zero-order valence-electron chi connectivity index (χ0n) is 8.32. The van der Waals surface area contributed by atoms with Gasteiger partial charge in [0.2, 0.25) is 0 Å². The van der Waals surface area contributed by atoms with Crippen molar-refractivity contribution >= 4 is 5.97 Å². The van der Waals surface area contributed by atoms with E-state index in [-0.39, 0.29) is 5.97 Å². The Morgan fingerprint density at radius 1 is 1.43 bits per heavy atom. The molecule has 3 heteroatoms. The molecule has 2 N–H and O–H groups in total. The standard InChI is InChI=1S/C11H15NO2/c1-14-11(13)8-10-4-2-3-9(7-10)5-6-12/h2-4,7H,5-6,8,12H2,1H3. The van der Waals surface area contributed by atoms with Crippen molar-refractivity contribution in [2.75, 3.05) is 13.7 Å². The fraction of sp³-hybridized carbons (Fsp3) is 0.364. The molecule has 0 amide bonds. The van der Waals surface area contributed by atoms with E-state index in [1.807, 2.05) is 24.3 Å². The van der Waals surface area contributed by atoms with Gasteiger partial charge in [-0.1, -0.05) is 24.3 Å². The van der Waals surface area contributed by atoms with Gasteiger partial charge in [0.05, 0.1) is 13.5 Å². The Morgan fingerprint density at radius 3 is 2.79 bits per heavy atom. The lowest BCUT2D eigenvalue weighted by molar-refractivity contribution is -0.139. The smallest absolute Gasteiger partial charge is 0.309 e. The van der Waals surface area contributed by atoms with Crippen LogP contribution in [0.5, 0.6) is 0 Å². The maximum absolute atomic E-state index is 11.0. The molecule has 0 spiro atoms. The molecule has 0 aliphatic carbocycles. The van der Waals surface area contributed by atoms with Gasteiger partial charge in [0.15, 0.2) is 0 Å². The van der Waals surface area contributed by atoms with E-state index in [9.17, 15) is 4.79 Å². The second-order valence-corrected chi connectivity index (χ2v) is 3.11. The van der Waals surface area contributed by atoms with Crippen LogP contribution in [0, 0.1) is 0 Å². The molecular formula is C11H15NO2. The molecule has 0 heterocycles. The van der Waals surface area contributed by atoms with E-state index in [0.29, 0.717) is 13.0 Å². The number of hydrogen-bond donors (Lipinski definition) is 1. The maximum Gasteiger partial charge on any atom is 0.309 e. The topological polar surface area (TPSA) is 52.3 Å². The summed E-state index contributed by atoms with van der Waals surface area (Å²) in [6.45, 7) is 0.627. The fourth-order valence-electron chi connectivity index (χ4n) is 1.30. The third-order valence-electron chi connectivity index (χ3n) is 2.00. The van der Waals surface area contributed by atoms with Crippen molar-refractivity contribution in [3.63, 3.8) is 0 Å². The molecule has 0 aliphatic heterocycles. The average Bonchev–Trinajstić information content (AvgIpc) is 2.19.